The SMILES string of the molecule is [C-]#[O+].[C-]#[O+].[C-]#[O+].[Cl][Hg][C]1=CC=C1.[Fe]. The summed E-state index contributed by atoms with van der Waals surface area (Å²) in [5, 5.41) is 0. The normalized spacial score (nSPS) is 7.46. The second-order valence-corrected chi connectivity index (χ2v) is 7.79. The maximum atomic E-state index is 7.50. The van der Waals surface area contributed by atoms with Gasteiger partial charge in [-0.15, -0.1) is 0 Å². The molecule has 1 rings (SSSR count). The van der Waals surface area contributed by atoms with Crippen LogP contribution in [0, 0.1) is 20.0 Å². The summed E-state index contributed by atoms with van der Waals surface area (Å²) >= 11 is -0.923. The van der Waals surface area contributed by atoms with E-state index in [9.17, 15) is 0 Å². The molecule has 1 aliphatic carbocycles. The third-order valence-corrected chi connectivity index (χ3v) is 6.52. The molecular formula is C7H3ClFeHgO3. The van der Waals surface area contributed by atoms with Crippen molar-refractivity contribution in [2.24, 2.45) is 0 Å². The third-order valence-electron chi connectivity index (χ3n) is 0.775. The van der Waals surface area contributed by atoms with Crippen LogP contribution in [0.3, 0.4) is 0 Å². The molecule has 0 aromatic heterocycles. The van der Waals surface area contributed by atoms with Crippen LogP contribution in [-0.2, 0) is 54.4 Å². The number of rotatable bonds is 1. The van der Waals surface area contributed by atoms with Gasteiger partial charge < -0.3 is 0 Å². The molecule has 0 aromatic carbocycles. The first-order chi connectivity index (χ1) is 5.93. The molecule has 0 N–H and O–H groups in total. The van der Waals surface area contributed by atoms with Crippen molar-refractivity contribution in [2.75, 3.05) is 0 Å². The molecule has 0 heterocycles. The molecule has 0 aromatic rings. The molecule has 66 valence electrons. The van der Waals surface area contributed by atoms with Gasteiger partial charge in [-0.3, -0.25) is 0 Å². The minimum atomic E-state index is -0.923. The summed E-state index contributed by atoms with van der Waals surface area (Å²) in [6, 6.07) is 0. The van der Waals surface area contributed by atoms with Gasteiger partial charge in [0.25, 0.3) is 0 Å². The monoisotopic (exact) mass is 428 g/mol. The van der Waals surface area contributed by atoms with Gasteiger partial charge in [0.15, 0.2) is 0 Å². The molecule has 0 saturated heterocycles. The van der Waals surface area contributed by atoms with Gasteiger partial charge >= 0.3 is 86.8 Å². The van der Waals surface area contributed by atoms with E-state index in [1.807, 2.05) is 6.08 Å². The first-order valence-corrected chi connectivity index (χ1v) is 12.0. The molecule has 3 nitrogen and oxygen atoms in total. The molecule has 0 amide bonds. The molecule has 0 saturated carbocycles. The van der Waals surface area contributed by atoms with Crippen molar-refractivity contribution in [1.29, 1.82) is 0 Å². The van der Waals surface area contributed by atoms with Crippen LogP contribution in [-0.4, -0.2) is 0 Å². The topological polar surface area (TPSA) is 59.7 Å². The fourth-order valence-electron chi connectivity index (χ4n) is 0.321. The maximum Gasteiger partial charge on any atom is 0 e. The van der Waals surface area contributed by atoms with Crippen molar-refractivity contribution in [3.63, 3.8) is 0 Å². The number of hydrogen-bond donors (Lipinski definition) is 0. The van der Waals surface area contributed by atoms with Crippen molar-refractivity contribution in [3.8, 4) is 0 Å². The van der Waals surface area contributed by atoms with Crippen LogP contribution in [0.15, 0.2) is 21.3 Å². The Morgan fingerprint density at radius 2 is 1.38 bits per heavy atom. The molecule has 0 fully saturated rings. The molecule has 0 radical (unpaired) electrons. The van der Waals surface area contributed by atoms with E-state index in [0.29, 0.717) is 0 Å². The van der Waals surface area contributed by atoms with Crippen LogP contribution in [0.5, 0.6) is 0 Å². The second-order valence-electron chi connectivity index (χ2n) is 1.23. The average Bonchev–Trinajstić information content (AvgIpc) is 2.13. The van der Waals surface area contributed by atoms with Gasteiger partial charge in [0.1, 0.15) is 0 Å². The van der Waals surface area contributed by atoms with Crippen LogP contribution in [0.25, 0.3) is 0 Å². The molecule has 1 aliphatic rings. The molecule has 6 heteroatoms. The predicted octanol–water partition coefficient (Wildman–Crippen LogP) is 1.56. The number of allylic oxidation sites excluding steroid dienone is 4. The molecule has 0 aliphatic heterocycles. The second kappa shape index (κ2) is 29.4. The van der Waals surface area contributed by atoms with Crippen LogP contribution in [0.1, 0.15) is 0 Å². The van der Waals surface area contributed by atoms with Crippen LogP contribution < -0.4 is 0 Å². The predicted molar refractivity (Wildman–Crippen MR) is 34.9 cm³/mol. The van der Waals surface area contributed by atoms with Gasteiger partial charge in [0.05, 0.1) is 0 Å². The van der Waals surface area contributed by atoms with E-state index in [1.165, 1.54) is 3.08 Å². The van der Waals surface area contributed by atoms with Gasteiger partial charge in [-0.05, 0) is 0 Å². The summed E-state index contributed by atoms with van der Waals surface area (Å²) < 4.78 is 24.0. The van der Waals surface area contributed by atoms with E-state index >= 15 is 0 Å². The van der Waals surface area contributed by atoms with Crippen LogP contribution in [0.4, 0.5) is 0 Å². The van der Waals surface area contributed by atoms with Gasteiger partial charge in [0, 0.05) is 17.1 Å². The molecule has 13 heavy (non-hydrogen) atoms. The van der Waals surface area contributed by atoms with Gasteiger partial charge in [-0.1, -0.05) is 0 Å². The average molecular weight is 427 g/mol. The van der Waals surface area contributed by atoms with Crippen molar-refractivity contribution in [3.05, 3.63) is 41.3 Å². The quantitative estimate of drug-likeness (QED) is 0.347. The zero-order valence-electron chi connectivity index (χ0n) is 6.40. The Morgan fingerprint density at radius 3 is 1.38 bits per heavy atom. The number of halogens is 1. The van der Waals surface area contributed by atoms with E-state index < -0.39 is 23.3 Å². The standard InChI is InChI=1S/C4H3.3CO.ClH.Fe.Hg/c1-2-4-3-1;3*1-2;;;/h1-3H;;;;1H;;/q;;;;;;+1/p-1. The van der Waals surface area contributed by atoms with Crippen molar-refractivity contribution in [1.82, 2.24) is 0 Å². The smallest absolute Gasteiger partial charge is 0 e. The van der Waals surface area contributed by atoms with Gasteiger partial charge in [0.2, 0.25) is 0 Å². The molecule has 0 atom stereocenters. The largest absolute Gasteiger partial charge is 0 e. The minimum absolute atomic E-state index is 0. The van der Waals surface area contributed by atoms with E-state index in [-0.39, 0.29) is 17.1 Å². The van der Waals surface area contributed by atoms with Gasteiger partial charge in [-0.25, -0.2) is 0 Å². The van der Waals surface area contributed by atoms with E-state index in [4.69, 9.17) is 22.2 Å². The Hall–Kier alpha value is 0.445. The Bertz CT molecular complexity index is 193. The third kappa shape index (κ3) is 19.0. The minimum Gasteiger partial charge on any atom is 0 e. The van der Waals surface area contributed by atoms with E-state index in [0.717, 1.165) is 0 Å². The number of hydrogen-bond acceptors (Lipinski definition) is 0. The zero-order chi connectivity index (χ0) is 10.4. The fourth-order valence-corrected chi connectivity index (χ4v) is 3.64. The maximum absolute atomic E-state index is 7.50. The Morgan fingerprint density at radius 1 is 1.08 bits per heavy atom. The zero-order valence-corrected chi connectivity index (χ0v) is 13.8. The van der Waals surface area contributed by atoms with Crippen molar-refractivity contribution in [2.45, 2.75) is 0 Å². The van der Waals surface area contributed by atoms with Crippen LogP contribution >= 0.6 is 8.25 Å². The summed E-state index contributed by atoms with van der Waals surface area (Å²) in [4.78, 5) is 0. The summed E-state index contributed by atoms with van der Waals surface area (Å²) in [7, 11) is 5.61. The van der Waals surface area contributed by atoms with Crippen molar-refractivity contribution >= 4 is 8.25 Å². The van der Waals surface area contributed by atoms with Crippen LogP contribution in [0.2, 0.25) is 0 Å². The Labute approximate surface area is 103 Å². The molecule has 0 bridgehead atoms. The summed E-state index contributed by atoms with van der Waals surface area (Å²) in [6.45, 7) is 13.5. The first-order valence-electron chi connectivity index (χ1n) is 2.48. The first kappa shape index (κ1) is 23.3. The Balaban J connectivity index is -0.0000000508. The summed E-state index contributed by atoms with van der Waals surface area (Å²) in [6.07, 6.45) is 6.25. The Kier molecular flexibility index (Phi) is 52.8. The van der Waals surface area contributed by atoms with Crippen molar-refractivity contribution < 1.29 is 54.4 Å². The van der Waals surface area contributed by atoms with E-state index in [1.54, 1.807) is 0 Å². The molecule has 0 spiro atoms. The summed E-state index contributed by atoms with van der Waals surface area (Å²) in [5.41, 5.74) is 0. The summed E-state index contributed by atoms with van der Waals surface area (Å²) in [5.74, 6) is 0. The van der Waals surface area contributed by atoms with E-state index in [2.05, 4.69) is 32.1 Å². The van der Waals surface area contributed by atoms with Gasteiger partial charge in [-0.2, -0.15) is 0 Å². The fraction of sp³-hybridized carbons (Fsp3) is 0. The molecular weight excluding hydrogens is 424 g/mol. The molecule has 0 unspecified atom stereocenters.